The fourth-order valence-corrected chi connectivity index (χ4v) is 2.06. The molecule has 0 bridgehead atoms. The average molecular weight is 364 g/mol. The lowest BCUT2D eigenvalue weighted by molar-refractivity contribution is -0.873. The SMILES string of the molecule is CC(=O)O[C@@H](CC(=O)[O-])C[N+](C)(C)C.C[N+](C)(C)C[C@@H](O)CC(=O)[O-]. The molecule has 0 aromatic heterocycles. The van der Waals surface area contributed by atoms with E-state index in [1.54, 1.807) is 0 Å². The molecule has 0 aromatic carbocycles. The first kappa shape index (κ1) is 25.5. The number of rotatable bonds is 9. The van der Waals surface area contributed by atoms with Crippen LogP contribution in [0.1, 0.15) is 19.8 Å². The second-order valence-corrected chi connectivity index (χ2v) is 7.98. The summed E-state index contributed by atoms with van der Waals surface area (Å²) in [6.07, 6.45) is -1.96. The molecule has 0 spiro atoms. The summed E-state index contributed by atoms with van der Waals surface area (Å²) < 4.78 is 5.94. The van der Waals surface area contributed by atoms with Crippen LogP contribution in [-0.2, 0) is 19.1 Å². The lowest BCUT2D eigenvalue weighted by Crippen LogP contribution is -2.45. The minimum Gasteiger partial charge on any atom is -0.550 e. The third-order valence-electron chi connectivity index (χ3n) is 2.64. The number of esters is 1. The van der Waals surface area contributed by atoms with Crippen LogP contribution in [0.5, 0.6) is 0 Å². The van der Waals surface area contributed by atoms with E-state index in [1.165, 1.54) is 6.92 Å². The monoisotopic (exact) mass is 364 g/mol. The van der Waals surface area contributed by atoms with Crippen LogP contribution in [0, 0.1) is 0 Å². The minimum atomic E-state index is -1.20. The molecule has 2 atom stereocenters. The van der Waals surface area contributed by atoms with E-state index in [0.717, 1.165) is 0 Å². The first-order valence-electron chi connectivity index (χ1n) is 7.87. The van der Waals surface area contributed by atoms with Crippen molar-refractivity contribution in [3.8, 4) is 0 Å². The largest absolute Gasteiger partial charge is 0.550 e. The van der Waals surface area contributed by atoms with Gasteiger partial charge in [0.2, 0.25) is 0 Å². The van der Waals surface area contributed by atoms with Crippen LogP contribution < -0.4 is 10.2 Å². The van der Waals surface area contributed by atoms with Crippen LogP contribution in [0.25, 0.3) is 0 Å². The normalized spacial score (nSPS) is 13.9. The maximum Gasteiger partial charge on any atom is 0.303 e. The number of carbonyl (C=O) groups is 3. The molecule has 0 aliphatic carbocycles. The van der Waals surface area contributed by atoms with Crippen LogP contribution >= 0.6 is 0 Å². The number of ether oxygens (including phenoxy) is 1. The molecule has 0 saturated carbocycles. The van der Waals surface area contributed by atoms with E-state index in [4.69, 9.17) is 9.84 Å². The van der Waals surface area contributed by atoms with Crippen molar-refractivity contribution in [2.45, 2.75) is 32.0 Å². The van der Waals surface area contributed by atoms with Gasteiger partial charge < -0.3 is 38.6 Å². The standard InChI is InChI=1S/C9H17NO4.C7H15NO3/c1-7(11)14-8(5-9(12)13)6-10(2,3)4;1-8(2,3)5-6(9)4-7(10)11/h8H,5-6H2,1-4H3;6,9H,4-5H2,1-3H3/t8-;6-/m00/s1. The van der Waals surface area contributed by atoms with Gasteiger partial charge in [-0.3, -0.25) is 4.79 Å². The van der Waals surface area contributed by atoms with E-state index in [-0.39, 0.29) is 12.8 Å². The highest BCUT2D eigenvalue weighted by Gasteiger charge is 2.20. The Kier molecular flexibility index (Phi) is 11.2. The molecular formula is C16H32N2O7. The molecule has 0 heterocycles. The Hall–Kier alpha value is -1.71. The van der Waals surface area contributed by atoms with E-state index in [1.807, 2.05) is 42.3 Å². The number of carbonyl (C=O) groups excluding carboxylic acids is 3. The van der Waals surface area contributed by atoms with Crippen molar-refractivity contribution in [2.24, 2.45) is 0 Å². The molecule has 0 aliphatic heterocycles. The summed E-state index contributed by atoms with van der Waals surface area (Å²) in [7, 11) is 11.3. The van der Waals surface area contributed by atoms with Crippen LogP contribution in [-0.4, -0.2) is 99.6 Å². The molecule has 9 nitrogen and oxygen atoms in total. The topological polar surface area (TPSA) is 127 Å². The summed E-state index contributed by atoms with van der Waals surface area (Å²) in [5.74, 6) is -2.87. The Morgan fingerprint density at radius 3 is 1.56 bits per heavy atom. The van der Waals surface area contributed by atoms with Gasteiger partial charge in [0, 0.05) is 31.7 Å². The van der Waals surface area contributed by atoms with Crippen LogP contribution in [0.4, 0.5) is 0 Å². The lowest BCUT2D eigenvalue weighted by atomic mass is 10.2. The van der Waals surface area contributed by atoms with Gasteiger partial charge in [0.1, 0.15) is 19.2 Å². The predicted molar refractivity (Wildman–Crippen MR) is 86.6 cm³/mol. The predicted octanol–water partition coefficient (Wildman–Crippen LogP) is -3.04. The summed E-state index contributed by atoms with van der Waals surface area (Å²) in [5, 5.41) is 29.5. The highest BCUT2D eigenvalue weighted by molar-refractivity contribution is 5.68. The third-order valence-corrected chi connectivity index (χ3v) is 2.64. The van der Waals surface area contributed by atoms with E-state index in [9.17, 15) is 24.6 Å². The minimum absolute atomic E-state index is 0.255. The molecule has 0 unspecified atom stereocenters. The van der Waals surface area contributed by atoms with Crippen molar-refractivity contribution in [3.63, 3.8) is 0 Å². The van der Waals surface area contributed by atoms with Gasteiger partial charge in [-0.2, -0.15) is 0 Å². The Balaban J connectivity index is 0. The highest BCUT2D eigenvalue weighted by Crippen LogP contribution is 2.04. The van der Waals surface area contributed by atoms with Crippen molar-refractivity contribution in [2.75, 3.05) is 55.4 Å². The molecule has 1 N–H and O–H groups in total. The van der Waals surface area contributed by atoms with Crippen LogP contribution in [0.2, 0.25) is 0 Å². The number of carboxylic acid groups (broad SMARTS) is 2. The number of quaternary nitrogens is 2. The molecule has 0 fully saturated rings. The fourth-order valence-electron chi connectivity index (χ4n) is 2.06. The molecule has 148 valence electrons. The smallest absolute Gasteiger partial charge is 0.303 e. The second-order valence-electron chi connectivity index (χ2n) is 7.98. The Bertz CT molecular complexity index is 423. The lowest BCUT2D eigenvalue weighted by Gasteiger charge is -2.28. The fraction of sp³-hybridized carbons (Fsp3) is 0.812. The molecular weight excluding hydrogens is 332 g/mol. The first-order chi connectivity index (χ1) is 11.0. The van der Waals surface area contributed by atoms with E-state index in [2.05, 4.69) is 0 Å². The summed E-state index contributed by atoms with van der Waals surface area (Å²) >= 11 is 0. The molecule has 25 heavy (non-hydrogen) atoms. The van der Waals surface area contributed by atoms with Gasteiger partial charge >= 0.3 is 5.97 Å². The number of hydrogen-bond acceptors (Lipinski definition) is 7. The number of aliphatic carboxylic acids is 2. The van der Waals surface area contributed by atoms with Crippen molar-refractivity contribution >= 4 is 17.9 Å². The maximum atomic E-state index is 10.7. The van der Waals surface area contributed by atoms with Crippen molar-refractivity contribution < 1.29 is 43.4 Å². The van der Waals surface area contributed by atoms with E-state index >= 15 is 0 Å². The second kappa shape index (κ2) is 11.0. The van der Waals surface area contributed by atoms with Crippen molar-refractivity contribution in [1.29, 1.82) is 0 Å². The maximum absolute atomic E-state index is 10.7. The molecule has 0 saturated heterocycles. The average Bonchev–Trinajstić information content (AvgIpc) is 2.19. The van der Waals surface area contributed by atoms with Gasteiger partial charge in [-0.1, -0.05) is 0 Å². The zero-order valence-electron chi connectivity index (χ0n) is 16.3. The molecule has 0 aromatic rings. The Morgan fingerprint density at radius 1 is 0.880 bits per heavy atom. The number of aliphatic hydroxyl groups excluding tert-OH is 1. The molecule has 0 amide bonds. The summed E-state index contributed by atoms with van der Waals surface area (Å²) in [4.78, 5) is 31.1. The summed E-state index contributed by atoms with van der Waals surface area (Å²) in [5.41, 5.74) is 0. The zero-order chi connectivity index (χ0) is 20.4. The van der Waals surface area contributed by atoms with E-state index < -0.39 is 30.1 Å². The number of carboxylic acids is 2. The van der Waals surface area contributed by atoms with Gasteiger partial charge in [0.05, 0.1) is 42.3 Å². The van der Waals surface area contributed by atoms with Gasteiger partial charge in [-0.25, -0.2) is 0 Å². The van der Waals surface area contributed by atoms with Gasteiger partial charge in [0.25, 0.3) is 0 Å². The molecule has 9 heteroatoms. The number of likely N-dealkylation sites (N-methyl/N-ethyl adjacent to an activating group) is 2. The van der Waals surface area contributed by atoms with Gasteiger partial charge in [-0.15, -0.1) is 0 Å². The Morgan fingerprint density at radius 2 is 1.28 bits per heavy atom. The number of nitrogens with zero attached hydrogens (tertiary/aromatic N) is 2. The van der Waals surface area contributed by atoms with Gasteiger partial charge in [0.15, 0.2) is 6.10 Å². The van der Waals surface area contributed by atoms with Crippen LogP contribution in [0.3, 0.4) is 0 Å². The number of hydrogen-bond donors (Lipinski definition) is 1. The van der Waals surface area contributed by atoms with Crippen molar-refractivity contribution in [3.05, 3.63) is 0 Å². The molecule has 0 radical (unpaired) electrons. The third kappa shape index (κ3) is 22.3. The van der Waals surface area contributed by atoms with Gasteiger partial charge in [-0.05, 0) is 0 Å². The zero-order valence-corrected chi connectivity index (χ0v) is 16.3. The van der Waals surface area contributed by atoms with Crippen LogP contribution in [0.15, 0.2) is 0 Å². The Labute approximate surface area is 149 Å². The summed E-state index contributed by atoms with van der Waals surface area (Å²) in [6.45, 7) is 2.14. The summed E-state index contributed by atoms with van der Waals surface area (Å²) in [6, 6.07) is 0. The highest BCUT2D eigenvalue weighted by atomic mass is 16.5. The van der Waals surface area contributed by atoms with Crippen molar-refractivity contribution in [1.82, 2.24) is 0 Å². The number of aliphatic hydroxyl groups is 1. The quantitative estimate of drug-likeness (QED) is 0.340. The first-order valence-corrected chi connectivity index (χ1v) is 7.87. The molecule has 0 rings (SSSR count). The van der Waals surface area contributed by atoms with E-state index in [0.29, 0.717) is 22.1 Å². The molecule has 0 aliphatic rings.